The van der Waals surface area contributed by atoms with Crippen LogP contribution >= 0.6 is 11.6 Å². The fourth-order valence-electron chi connectivity index (χ4n) is 3.48. The van der Waals surface area contributed by atoms with Gasteiger partial charge in [0.25, 0.3) is 0 Å². The molecule has 1 aliphatic heterocycles. The molecule has 0 saturated carbocycles. The van der Waals surface area contributed by atoms with Crippen molar-refractivity contribution in [3.8, 4) is 0 Å². The number of piperidine rings is 1. The first-order valence-corrected chi connectivity index (χ1v) is 10.0. The summed E-state index contributed by atoms with van der Waals surface area (Å²) in [6.07, 6.45) is 5.38. The highest BCUT2D eigenvalue weighted by atomic mass is 35.5. The third-order valence-electron chi connectivity index (χ3n) is 5.20. The van der Waals surface area contributed by atoms with Crippen molar-refractivity contribution in [3.05, 3.63) is 89.6 Å². The molecule has 0 aromatic heterocycles. The molecule has 2 aromatic carbocycles. The van der Waals surface area contributed by atoms with E-state index in [-0.39, 0.29) is 11.7 Å². The minimum atomic E-state index is -0.312. The van der Waals surface area contributed by atoms with Gasteiger partial charge in [-0.3, -0.25) is 0 Å². The molecule has 152 valence electrons. The van der Waals surface area contributed by atoms with Gasteiger partial charge in [0.15, 0.2) is 0 Å². The predicted molar refractivity (Wildman–Crippen MR) is 121 cm³/mol. The zero-order valence-corrected chi connectivity index (χ0v) is 17.4. The van der Waals surface area contributed by atoms with E-state index in [0.717, 1.165) is 47.9 Å². The van der Waals surface area contributed by atoms with E-state index in [9.17, 15) is 4.39 Å². The maximum absolute atomic E-state index is 14.5. The first-order valence-electron chi connectivity index (χ1n) is 9.63. The number of methoxy groups -OCH3 is 1. The lowest BCUT2D eigenvalue weighted by Gasteiger charge is -2.35. The lowest BCUT2D eigenvalue weighted by Crippen LogP contribution is -2.35. The normalized spacial score (nSPS) is 14.8. The van der Waals surface area contributed by atoms with Crippen molar-refractivity contribution in [1.29, 1.82) is 0 Å². The lowest BCUT2D eigenvalue weighted by molar-refractivity contribution is 0.309. The van der Waals surface area contributed by atoms with Crippen LogP contribution in [0.3, 0.4) is 0 Å². The molecule has 0 amide bonds. The first-order chi connectivity index (χ1) is 14.0. The average Bonchev–Trinajstić information content (AvgIpc) is 2.74. The van der Waals surface area contributed by atoms with Gasteiger partial charge >= 0.3 is 0 Å². The molecule has 0 aliphatic carbocycles. The molecular weight excluding hydrogens is 387 g/mol. The van der Waals surface area contributed by atoms with E-state index in [4.69, 9.17) is 16.3 Å². The van der Waals surface area contributed by atoms with Crippen LogP contribution in [0.25, 0.3) is 6.08 Å². The van der Waals surface area contributed by atoms with Gasteiger partial charge in [-0.15, -0.1) is 0 Å². The number of allylic oxidation sites excluding steroid dienone is 2. The van der Waals surface area contributed by atoms with Crippen molar-refractivity contribution in [2.24, 2.45) is 5.92 Å². The number of ether oxygens (including phenoxy) is 1. The molecule has 0 radical (unpaired) electrons. The maximum atomic E-state index is 14.5. The molecule has 2 aromatic rings. The van der Waals surface area contributed by atoms with Crippen LogP contribution in [0.2, 0.25) is 5.02 Å². The van der Waals surface area contributed by atoms with E-state index in [1.807, 2.05) is 24.3 Å². The quantitative estimate of drug-likeness (QED) is 0.415. The van der Waals surface area contributed by atoms with Crippen LogP contribution in [0.15, 0.2) is 73.2 Å². The van der Waals surface area contributed by atoms with Gasteiger partial charge in [0.1, 0.15) is 11.6 Å². The molecule has 0 bridgehead atoms. The summed E-state index contributed by atoms with van der Waals surface area (Å²) in [5, 5.41) is 3.97. The second-order valence-electron chi connectivity index (χ2n) is 7.10. The van der Waals surface area contributed by atoms with Crippen molar-refractivity contribution in [1.82, 2.24) is 0 Å². The highest BCUT2D eigenvalue weighted by Gasteiger charge is 2.22. The van der Waals surface area contributed by atoms with Gasteiger partial charge in [-0.25, -0.2) is 4.39 Å². The molecule has 29 heavy (non-hydrogen) atoms. The van der Waals surface area contributed by atoms with E-state index in [1.54, 1.807) is 25.3 Å². The predicted octanol–water partition coefficient (Wildman–Crippen LogP) is 6.49. The van der Waals surface area contributed by atoms with Crippen molar-refractivity contribution in [3.63, 3.8) is 0 Å². The molecule has 5 heteroatoms. The highest BCUT2D eigenvalue weighted by Crippen LogP contribution is 2.31. The summed E-state index contributed by atoms with van der Waals surface area (Å²) in [4.78, 5) is 2.32. The monoisotopic (exact) mass is 412 g/mol. The average molecular weight is 413 g/mol. The SMILES string of the molecule is C=C(/C=C/c1cccc(F)c1NC(=C)C1CCN(c2cccc(Cl)c2)CC1)OC. The van der Waals surface area contributed by atoms with Gasteiger partial charge in [0.2, 0.25) is 0 Å². The molecule has 0 unspecified atom stereocenters. The van der Waals surface area contributed by atoms with Crippen LogP contribution in [0, 0.1) is 11.7 Å². The lowest BCUT2D eigenvalue weighted by atomic mass is 9.93. The maximum Gasteiger partial charge on any atom is 0.147 e. The Balaban J connectivity index is 1.66. The Bertz CT molecular complexity index is 917. The Morgan fingerprint density at radius 3 is 2.62 bits per heavy atom. The molecule has 0 spiro atoms. The third kappa shape index (κ3) is 5.42. The Hall–Kier alpha value is -2.72. The van der Waals surface area contributed by atoms with E-state index >= 15 is 0 Å². The van der Waals surface area contributed by atoms with Gasteiger partial charge in [-0.1, -0.05) is 43.0 Å². The zero-order chi connectivity index (χ0) is 20.8. The first kappa shape index (κ1) is 21.0. The Morgan fingerprint density at radius 1 is 1.21 bits per heavy atom. The summed E-state index contributed by atoms with van der Waals surface area (Å²) < 4.78 is 19.5. The van der Waals surface area contributed by atoms with E-state index < -0.39 is 0 Å². The molecule has 1 aliphatic rings. The Morgan fingerprint density at radius 2 is 1.93 bits per heavy atom. The van der Waals surface area contributed by atoms with Crippen LogP contribution < -0.4 is 10.2 Å². The Kier molecular flexibility index (Phi) is 6.99. The molecule has 3 rings (SSSR count). The number of nitrogens with zero attached hydrogens (tertiary/aromatic N) is 1. The molecular formula is C24H26ClFN2O. The molecule has 1 N–H and O–H groups in total. The smallest absolute Gasteiger partial charge is 0.147 e. The number of anilines is 2. The molecule has 1 heterocycles. The standard InChI is InChI=1S/C24H26ClFN2O/c1-17(29-3)10-11-20-6-4-9-23(26)24(20)27-18(2)19-12-14-28(15-13-19)22-8-5-7-21(25)16-22/h4-11,16,19,27H,1-2,12-15H2,3H3/b11-10+. The van der Waals surface area contributed by atoms with Crippen LogP contribution in [0.4, 0.5) is 15.8 Å². The largest absolute Gasteiger partial charge is 0.497 e. The highest BCUT2D eigenvalue weighted by molar-refractivity contribution is 6.30. The summed E-state index contributed by atoms with van der Waals surface area (Å²) in [7, 11) is 1.55. The molecule has 0 atom stereocenters. The van der Waals surface area contributed by atoms with Crippen molar-refractivity contribution >= 4 is 29.1 Å². The summed E-state index contributed by atoms with van der Waals surface area (Å²) in [6.45, 7) is 9.77. The van der Waals surface area contributed by atoms with Crippen LogP contribution in [0.5, 0.6) is 0 Å². The number of hydrogen-bond donors (Lipinski definition) is 1. The summed E-state index contributed by atoms with van der Waals surface area (Å²) in [5.74, 6) is 0.468. The molecule has 1 fully saturated rings. The topological polar surface area (TPSA) is 24.5 Å². The van der Waals surface area contributed by atoms with Gasteiger partial charge in [0.05, 0.1) is 12.8 Å². The van der Waals surface area contributed by atoms with Crippen LogP contribution in [-0.2, 0) is 4.74 Å². The van der Waals surface area contributed by atoms with E-state index in [2.05, 4.69) is 29.4 Å². The minimum Gasteiger partial charge on any atom is -0.497 e. The number of benzene rings is 2. The fraction of sp³-hybridized carbons (Fsp3) is 0.250. The third-order valence-corrected chi connectivity index (χ3v) is 5.44. The summed E-state index contributed by atoms with van der Waals surface area (Å²) in [5.41, 5.74) is 3.12. The van der Waals surface area contributed by atoms with Crippen molar-refractivity contribution in [2.75, 3.05) is 30.4 Å². The van der Waals surface area contributed by atoms with Gasteiger partial charge in [-0.05, 0) is 49.3 Å². The van der Waals surface area contributed by atoms with Gasteiger partial charge < -0.3 is 15.0 Å². The van der Waals surface area contributed by atoms with Crippen molar-refractivity contribution in [2.45, 2.75) is 12.8 Å². The van der Waals surface area contributed by atoms with Gasteiger partial charge in [-0.2, -0.15) is 0 Å². The Labute approximate surface area is 177 Å². The van der Waals surface area contributed by atoms with E-state index in [0.29, 0.717) is 11.4 Å². The van der Waals surface area contributed by atoms with Crippen molar-refractivity contribution < 1.29 is 9.13 Å². The van der Waals surface area contributed by atoms with Gasteiger partial charge in [0, 0.05) is 41.0 Å². The second kappa shape index (κ2) is 9.66. The number of para-hydroxylation sites is 1. The fourth-order valence-corrected chi connectivity index (χ4v) is 3.67. The van der Waals surface area contributed by atoms with E-state index in [1.165, 1.54) is 6.07 Å². The zero-order valence-electron chi connectivity index (χ0n) is 16.6. The molecule has 1 saturated heterocycles. The molecule has 3 nitrogen and oxygen atoms in total. The minimum absolute atomic E-state index is 0.274. The number of hydrogen-bond acceptors (Lipinski definition) is 3. The second-order valence-corrected chi connectivity index (χ2v) is 7.54. The van der Waals surface area contributed by atoms with Crippen LogP contribution in [-0.4, -0.2) is 20.2 Å². The number of nitrogens with one attached hydrogen (secondary N) is 1. The summed E-state index contributed by atoms with van der Waals surface area (Å²) in [6, 6.07) is 12.9. The number of halogens is 2. The summed E-state index contributed by atoms with van der Waals surface area (Å²) >= 11 is 6.11. The number of rotatable bonds is 7. The van der Waals surface area contributed by atoms with Crippen LogP contribution in [0.1, 0.15) is 18.4 Å².